The van der Waals surface area contributed by atoms with Crippen LogP contribution in [0.2, 0.25) is 0 Å². The third kappa shape index (κ3) is 42.8. The van der Waals surface area contributed by atoms with E-state index in [0.717, 1.165) is 57.8 Å². The highest BCUT2D eigenvalue weighted by Crippen LogP contribution is 2.15. The molecule has 0 bridgehead atoms. The summed E-state index contributed by atoms with van der Waals surface area (Å²) in [4.78, 5) is 37.7. The maximum atomic E-state index is 12.7. The van der Waals surface area contributed by atoms with E-state index in [1.54, 1.807) is 0 Å². The summed E-state index contributed by atoms with van der Waals surface area (Å²) in [5, 5.41) is 0. The van der Waals surface area contributed by atoms with Crippen LogP contribution < -0.4 is 0 Å². The van der Waals surface area contributed by atoms with Crippen molar-refractivity contribution in [3.8, 4) is 0 Å². The fraction of sp³-hybridized carbons (Fsp3) is 0.820. The molecule has 0 rings (SSSR count). The van der Waals surface area contributed by atoms with Crippen LogP contribution in [0, 0.1) is 0 Å². The summed E-state index contributed by atoms with van der Waals surface area (Å²) in [6.07, 6.45) is 51.4. The molecule has 0 radical (unpaired) electrons. The van der Waals surface area contributed by atoms with Crippen molar-refractivity contribution in [2.75, 3.05) is 13.2 Å². The molecule has 0 aliphatic heterocycles. The highest BCUT2D eigenvalue weighted by molar-refractivity contribution is 5.71. The Morgan fingerprint density at radius 2 is 0.696 bits per heavy atom. The molecule has 56 heavy (non-hydrogen) atoms. The molecule has 0 saturated carbocycles. The third-order valence-corrected chi connectivity index (χ3v) is 10.4. The molecule has 0 heterocycles. The van der Waals surface area contributed by atoms with Gasteiger partial charge in [0.25, 0.3) is 0 Å². The first-order valence-corrected chi connectivity index (χ1v) is 24.0. The van der Waals surface area contributed by atoms with Gasteiger partial charge in [-0.05, 0) is 57.8 Å². The van der Waals surface area contributed by atoms with Gasteiger partial charge in [-0.25, -0.2) is 0 Å². The van der Waals surface area contributed by atoms with Crippen molar-refractivity contribution in [2.24, 2.45) is 0 Å². The number of esters is 3. The van der Waals surface area contributed by atoms with Crippen molar-refractivity contribution in [3.63, 3.8) is 0 Å². The van der Waals surface area contributed by atoms with Gasteiger partial charge in [-0.2, -0.15) is 0 Å². The molecule has 0 aromatic heterocycles. The molecule has 0 aliphatic rings. The van der Waals surface area contributed by atoms with E-state index in [4.69, 9.17) is 14.2 Å². The molecule has 326 valence electrons. The van der Waals surface area contributed by atoms with E-state index in [2.05, 4.69) is 51.2 Å². The molecule has 0 fully saturated rings. The molecule has 6 heteroatoms. The molecule has 0 aromatic rings. The molecule has 6 nitrogen and oxygen atoms in total. The third-order valence-electron chi connectivity index (χ3n) is 10.4. The molecule has 0 aromatic carbocycles. The molecule has 0 aliphatic carbocycles. The maximum Gasteiger partial charge on any atom is 0.306 e. The van der Waals surface area contributed by atoms with Crippen LogP contribution in [0.4, 0.5) is 0 Å². The van der Waals surface area contributed by atoms with E-state index in [0.29, 0.717) is 19.3 Å². The lowest BCUT2D eigenvalue weighted by Crippen LogP contribution is -2.30. The number of carbonyl (C=O) groups is 3. The summed E-state index contributed by atoms with van der Waals surface area (Å²) in [6.45, 7) is 6.54. The molecule has 1 unspecified atom stereocenters. The van der Waals surface area contributed by atoms with Gasteiger partial charge in [0.15, 0.2) is 6.10 Å². The van der Waals surface area contributed by atoms with E-state index < -0.39 is 6.10 Å². The fourth-order valence-corrected chi connectivity index (χ4v) is 6.71. The molecule has 0 spiro atoms. The predicted octanol–water partition coefficient (Wildman–Crippen LogP) is 15.4. The van der Waals surface area contributed by atoms with Crippen molar-refractivity contribution in [1.29, 1.82) is 0 Å². The second-order valence-electron chi connectivity index (χ2n) is 16.0. The average Bonchev–Trinajstić information content (AvgIpc) is 3.19. The number of allylic oxidation sites excluding steroid dienone is 6. The van der Waals surface area contributed by atoms with E-state index in [9.17, 15) is 14.4 Å². The molecule has 0 amide bonds. The maximum absolute atomic E-state index is 12.7. The monoisotopic (exact) mass is 787 g/mol. The predicted molar refractivity (Wildman–Crippen MR) is 238 cm³/mol. The Bertz CT molecular complexity index is 953. The van der Waals surface area contributed by atoms with Gasteiger partial charge < -0.3 is 14.2 Å². The Morgan fingerprint density at radius 3 is 1.12 bits per heavy atom. The van der Waals surface area contributed by atoms with Gasteiger partial charge in [0.2, 0.25) is 0 Å². The van der Waals surface area contributed by atoms with Crippen molar-refractivity contribution in [3.05, 3.63) is 36.5 Å². The number of hydrogen-bond acceptors (Lipinski definition) is 6. The van der Waals surface area contributed by atoms with Crippen molar-refractivity contribution in [1.82, 2.24) is 0 Å². The zero-order valence-corrected chi connectivity index (χ0v) is 37.2. The van der Waals surface area contributed by atoms with Gasteiger partial charge in [-0.15, -0.1) is 0 Å². The van der Waals surface area contributed by atoms with Crippen LogP contribution in [0.25, 0.3) is 0 Å². The average molecular weight is 787 g/mol. The topological polar surface area (TPSA) is 78.9 Å². The quantitative estimate of drug-likeness (QED) is 0.0265. The van der Waals surface area contributed by atoms with Crippen LogP contribution in [0.1, 0.15) is 245 Å². The summed E-state index contributed by atoms with van der Waals surface area (Å²) >= 11 is 0. The minimum Gasteiger partial charge on any atom is -0.462 e. The lowest BCUT2D eigenvalue weighted by molar-refractivity contribution is -0.166. The standard InChI is InChI=1S/C50H90O6/c1-4-7-10-13-16-19-22-24-26-28-31-34-37-40-43-49(52)55-46-47(45-54-48(51)42-39-36-33-30-27-21-18-15-12-9-6-3)56-50(53)44-41-38-35-32-29-25-23-20-17-14-11-8-5-2/h15,18,25,29,35,38,47H,4-14,16-17,19-24,26-28,30-34,36-37,39-46H2,1-3H3/b18-15-,29-25-,38-35-. The van der Waals surface area contributed by atoms with Gasteiger partial charge in [-0.1, -0.05) is 205 Å². The Balaban J connectivity index is 4.42. The first-order valence-electron chi connectivity index (χ1n) is 24.0. The minimum atomic E-state index is -0.800. The molecule has 0 N–H and O–H groups in total. The fourth-order valence-electron chi connectivity index (χ4n) is 6.71. The lowest BCUT2D eigenvalue weighted by atomic mass is 10.0. The molecule has 0 saturated heterocycles. The van der Waals surface area contributed by atoms with Gasteiger partial charge in [0, 0.05) is 19.3 Å². The first kappa shape index (κ1) is 53.6. The Kier molecular flexibility index (Phi) is 43.4. The SMILES string of the molecule is CCCC/C=C\CCCCCCCC(=O)OCC(COC(=O)CCCCCCCCCCCCCCCC)OC(=O)CC/C=C\C/C=C\CCCCCCCC. The highest BCUT2D eigenvalue weighted by atomic mass is 16.6. The Hall–Kier alpha value is -2.37. The van der Waals surface area contributed by atoms with E-state index in [-0.39, 0.29) is 37.5 Å². The van der Waals surface area contributed by atoms with E-state index >= 15 is 0 Å². The van der Waals surface area contributed by atoms with Crippen LogP contribution in [-0.2, 0) is 28.6 Å². The Morgan fingerprint density at radius 1 is 0.357 bits per heavy atom. The number of carbonyl (C=O) groups excluding carboxylic acids is 3. The molecular formula is C50H90O6. The number of hydrogen-bond donors (Lipinski definition) is 0. The minimum absolute atomic E-state index is 0.0947. The first-order chi connectivity index (χ1) is 27.5. The van der Waals surface area contributed by atoms with Crippen molar-refractivity contribution < 1.29 is 28.6 Å². The number of rotatable bonds is 43. The summed E-state index contributed by atoms with van der Waals surface area (Å²) in [5.74, 6) is -0.969. The molecular weight excluding hydrogens is 697 g/mol. The smallest absolute Gasteiger partial charge is 0.306 e. The van der Waals surface area contributed by atoms with Crippen molar-refractivity contribution >= 4 is 17.9 Å². The highest BCUT2D eigenvalue weighted by Gasteiger charge is 2.19. The lowest BCUT2D eigenvalue weighted by Gasteiger charge is -2.18. The summed E-state index contributed by atoms with van der Waals surface area (Å²) in [6, 6.07) is 0. The summed E-state index contributed by atoms with van der Waals surface area (Å²) in [5.41, 5.74) is 0. The Labute approximate surface area is 346 Å². The summed E-state index contributed by atoms with van der Waals surface area (Å²) < 4.78 is 16.7. The van der Waals surface area contributed by atoms with Crippen molar-refractivity contribution in [2.45, 2.75) is 252 Å². The molecule has 1 atom stereocenters. The van der Waals surface area contributed by atoms with Crippen LogP contribution in [-0.4, -0.2) is 37.2 Å². The van der Waals surface area contributed by atoms with E-state index in [1.165, 1.54) is 141 Å². The summed E-state index contributed by atoms with van der Waals surface area (Å²) in [7, 11) is 0. The second-order valence-corrected chi connectivity index (χ2v) is 16.0. The van der Waals surface area contributed by atoms with Gasteiger partial charge in [-0.3, -0.25) is 14.4 Å². The number of unbranched alkanes of at least 4 members (excludes halogenated alkanes) is 26. The van der Waals surface area contributed by atoms with Crippen LogP contribution in [0.3, 0.4) is 0 Å². The zero-order valence-electron chi connectivity index (χ0n) is 37.2. The van der Waals surface area contributed by atoms with Gasteiger partial charge >= 0.3 is 17.9 Å². The normalized spacial score (nSPS) is 12.3. The number of ether oxygens (including phenoxy) is 3. The van der Waals surface area contributed by atoms with Crippen LogP contribution in [0.5, 0.6) is 0 Å². The van der Waals surface area contributed by atoms with Gasteiger partial charge in [0.1, 0.15) is 13.2 Å². The zero-order chi connectivity index (χ0) is 40.8. The second kappa shape index (κ2) is 45.3. The largest absolute Gasteiger partial charge is 0.462 e. The van der Waals surface area contributed by atoms with E-state index in [1.807, 2.05) is 6.08 Å². The van der Waals surface area contributed by atoms with Gasteiger partial charge in [0.05, 0.1) is 0 Å². The van der Waals surface area contributed by atoms with Crippen LogP contribution in [0.15, 0.2) is 36.5 Å². The van der Waals surface area contributed by atoms with Crippen LogP contribution >= 0.6 is 0 Å².